The molecule has 0 radical (unpaired) electrons. The average molecular weight is 253 g/mol. The number of anilines is 1. The molecule has 2 aromatic carbocycles. The Labute approximate surface area is 118 Å². The lowest BCUT2D eigenvalue weighted by Gasteiger charge is -2.19. The van der Waals surface area contributed by atoms with Gasteiger partial charge in [0.2, 0.25) is 0 Å². The van der Waals surface area contributed by atoms with Crippen LogP contribution in [0, 0.1) is 0 Å². The van der Waals surface area contributed by atoms with Gasteiger partial charge in [0, 0.05) is 19.3 Å². The Hall–Kier alpha value is -1.70. The smallest absolute Gasteiger partial charge is 0.169 e. The van der Waals surface area contributed by atoms with E-state index in [1.165, 1.54) is 16.7 Å². The van der Waals surface area contributed by atoms with Crippen LogP contribution in [0.5, 0.6) is 0 Å². The number of rotatable bonds is 4. The molecule has 2 aromatic rings. The van der Waals surface area contributed by atoms with Crippen molar-refractivity contribution in [1.29, 1.82) is 0 Å². The molecule has 0 atom stereocenters. The van der Waals surface area contributed by atoms with E-state index in [1.54, 1.807) is 0 Å². The van der Waals surface area contributed by atoms with Crippen molar-refractivity contribution in [2.45, 2.75) is 27.6 Å². The van der Waals surface area contributed by atoms with Crippen molar-refractivity contribution in [3.8, 4) is 0 Å². The van der Waals surface area contributed by atoms with Crippen molar-refractivity contribution < 1.29 is 0 Å². The molecular formula is C17H24BN. The second kappa shape index (κ2) is 7.03. The lowest BCUT2D eigenvalue weighted by molar-refractivity contribution is 0.924. The SMILES string of the molecule is C.CB(C)c1ccc(CN(C)c2ccccc2)cc1. The van der Waals surface area contributed by atoms with Crippen LogP contribution in [-0.2, 0) is 6.54 Å². The Balaban J connectivity index is 0.00000180. The maximum Gasteiger partial charge on any atom is 0.169 e. The third-order valence-corrected chi connectivity index (χ3v) is 3.26. The number of para-hydroxylation sites is 1. The van der Waals surface area contributed by atoms with Crippen LogP contribution in [0.3, 0.4) is 0 Å². The fraction of sp³-hybridized carbons (Fsp3) is 0.294. The Morgan fingerprint density at radius 3 is 2.00 bits per heavy atom. The number of nitrogens with zero attached hydrogens (tertiary/aromatic N) is 1. The Kier molecular flexibility index (Phi) is 5.69. The van der Waals surface area contributed by atoms with E-state index in [1.807, 2.05) is 0 Å². The van der Waals surface area contributed by atoms with Gasteiger partial charge in [-0.05, 0) is 17.7 Å². The normalized spacial score (nSPS) is 9.63. The maximum absolute atomic E-state index is 2.27. The molecule has 0 aliphatic carbocycles. The minimum Gasteiger partial charge on any atom is -0.370 e. The minimum absolute atomic E-state index is 0. The zero-order valence-electron chi connectivity index (χ0n) is 11.4. The molecule has 0 aliphatic heterocycles. The molecule has 100 valence electrons. The summed E-state index contributed by atoms with van der Waals surface area (Å²) in [5, 5.41) is 0. The van der Waals surface area contributed by atoms with Crippen LogP contribution < -0.4 is 10.4 Å². The van der Waals surface area contributed by atoms with Crippen molar-refractivity contribution in [3.05, 3.63) is 60.2 Å². The van der Waals surface area contributed by atoms with Crippen molar-refractivity contribution >= 4 is 17.9 Å². The summed E-state index contributed by atoms with van der Waals surface area (Å²) < 4.78 is 0. The molecule has 0 spiro atoms. The average Bonchev–Trinajstić information content (AvgIpc) is 2.40. The fourth-order valence-corrected chi connectivity index (χ4v) is 2.06. The molecule has 1 nitrogen and oxygen atoms in total. The monoisotopic (exact) mass is 253 g/mol. The minimum atomic E-state index is 0. The molecular weight excluding hydrogens is 229 g/mol. The van der Waals surface area contributed by atoms with E-state index in [9.17, 15) is 0 Å². The van der Waals surface area contributed by atoms with Crippen molar-refractivity contribution in [3.63, 3.8) is 0 Å². The van der Waals surface area contributed by atoms with Crippen molar-refractivity contribution in [2.24, 2.45) is 0 Å². The Morgan fingerprint density at radius 1 is 0.895 bits per heavy atom. The van der Waals surface area contributed by atoms with Gasteiger partial charge in [0.15, 0.2) is 6.71 Å². The highest BCUT2D eigenvalue weighted by atomic mass is 15.1. The first-order valence-corrected chi connectivity index (χ1v) is 6.52. The molecule has 0 saturated heterocycles. The summed E-state index contributed by atoms with van der Waals surface area (Å²) in [6, 6.07) is 19.4. The lowest BCUT2D eigenvalue weighted by Crippen LogP contribution is -2.23. The van der Waals surface area contributed by atoms with Gasteiger partial charge in [-0.25, -0.2) is 0 Å². The number of hydrogen-bond donors (Lipinski definition) is 0. The molecule has 2 heteroatoms. The highest BCUT2D eigenvalue weighted by Crippen LogP contribution is 2.14. The van der Waals surface area contributed by atoms with E-state index in [0.29, 0.717) is 6.71 Å². The third-order valence-electron chi connectivity index (χ3n) is 3.26. The lowest BCUT2D eigenvalue weighted by atomic mass is 9.49. The molecule has 19 heavy (non-hydrogen) atoms. The van der Waals surface area contributed by atoms with Gasteiger partial charge in [0.1, 0.15) is 0 Å². The molecule has 0 saturated carbocycles. The molecule has 0 bridgehead atoms. The first-order chi connectivity index (χ1) is 8.66. The fourth-order valence-electron chi connectivity index (χ4n) is 2.06. The second-order valence-corrected chi connectivity index (χ2v) is 5.09. The van der Waals surface area contributed by atoms with Gasteiger partial charge in [0.05, 0.1) is 0 Å². The highest BCUT2D eigenvalue weighted by molar-refractivity contribution is 6.70. The maximum atomic E-state index is 2.27. The van der Waals surface area contributed by atoms with Gasteiger partial charge in [0.25, 0.3) is 0 Å². The van der Waals surface area contributed by atoms with E-state index < -0.39 is 0 Å². The van der Waals surface area contributed by atoms with Gasteiger partial charge >= 0.3 is 0 Å². The summed E-state index contributed by atoms with van der Waals surface area (Å²) in [5.74, 6) is 0. The predicted molar refractivity (Wildman–Crippen MR) is 88.8 cm³/mol. The van der Waals surface area contributed by atoms with E-state index in [4.69, 9.17) is 0 Å². The molecule has 0 unspecified atom stereocenters. The summed E-state index contributed by atoms with van der Waals surface area (Å²) in [5.41, 5.74) is 4.01. The van der Waals surface area contributed by atoms with E-state index >= 15 is 0 Å². The van der Waals surface area contributed by atoms with Crippen molar-refractivity contribution in [2.75, 3.05) is 11.9 Å². The summed E-state index contributed by atoms with van der Waals surface area (Å²) in [6.07, 6.45) is 0. The standard InChI is InChI=1S/C16H20BN.CH4/c1-17(2)15-11-9-14(10-12-15)13-18(3)16-7-5-4-6-8-16;/h4-12H,13H2,1-3H3;1H4. The van der Waals surface area contributed by atoms with Crippen LogP contribution in [0.15, 0.2) is 54.6 Å². The van der Waals surface area contributed by atoms with Crippen LogP contribution in [-0.4, -0.2) is 13.8 Å². The first kappa shape index (κ1) is 15.4. The predicted octanol–water partition coefficient (Wildman–Crippen LogP) is 3.92. The van der Waals surface area contributed by atoms with Gasteiger partial charge in [-0.15, -0.1) is 0 Å². The molecule has 0 N–H and O–H groups in total. The molecule has 0 fully saturated rings. The number of benzene rings is 2. The van der Waals surface area contributed by atoms with E-state index in [0.717, 1.165) is 6.54 Å². The van der Waals surface area contributed by atoms with Crippen LogP contribution in [0.4, 0.5) is 5.69 Å². The summed E-state index contributed by atoms with van der Waals surface area (Å²) in [4.78, 5) is 2.27. The molecule has 0 aliphatic rings. The van der Waals surface area contributed by atoms with Crippen LogP contribution in [0.2, 0.25) is 13.6 Å². The van der Waals surface area contributed by atoms with Crippen molar-refractivity contribution in [1.82, 2.24) is 0 Å². The Bertz CT molecular complexity index is 476. The van der Waals surface area contributed by atoms with Gasteiger partial charge in [-0.3, -0.25) is 0 Å². The molecule has 2 rings (SSSR count). The van der Waals surface area contributed by atoms with Gasteiger partial charge in [-0.2, -0.15) is 0 Å². The van der Waals surface area contributed by atoms with Crippen LogP contribution >= 0.6 is 0 Å². The second-order valence-electron chi connectivity index (χ2n) is 5.09. The largest absolute Gasteiger partial charge is 0.370 e. The van der Waals surface area contributed by atoms with Crippen LogP contribution in [0.1, 0.15) is 13.0 Å². The van der Waals surface area contributed by atoms with Crippen LogP contribution in [0.25, 0.3) is 0 Å². The molecule has 0 aromatic heterocycles. The summed E-state index contributed by atoms with van der Waals surface area (Å²) >= 11 is 0. The highest BCUT2D eigenvalue weighted by Gasteiger charge is 2.04. The number of hydrogen-bond acceptors (Lipinski definition) is 1. The Morgan fingerprint density at radius 2 is 1.47 bits per heavy atom. The van der Waals surface area contributed by atoms with Gasteiger partial charge in [-0.1, -0.05) is 69.0 Å². The quantitative estimate of drug-likeness (QED) is 0.746. The molecule has 0 amide bonds. The zero-order chi connectivity index (χ0) is 13.0. The summed E-state index contributed by atoms with van der Waals surface area (Å²) in [7, 11) is 2.13. The van der Waals surface area contributed by atoms with E-state index in [2.05, 4.69) is 80.2 Å². The molecule has 0 heterocycles. The summed E-state index contributed by atoms with van der Waals surface area (Å²) in [6.45, 7) is 6.00. The van der Waals surface area contributed by atoms with E-state index in [-0.39, 0.29) is 7.43 Å². The zero-order valence-corrected chi connectivity index (χ0v) is 11.4. The van der Waals surface area contributed by atoms with Gasteiger partial charge < -0.3 is 4.90 Å². The topological polar surface area (TPSA) is 3.24 Å². The third kappa shape index (κ3) is 4.16. The first-order valence-electron chi connectivity index (χ1n) is 6.52.